The molecule has 0 spiro atoms. The summed E-state index contributed by atoms with van der Waals surface area (Å²) in [6, 6.07) is 2.22. The molecule has 106 valence electrons. The van der Waals surface area contributed by atoms with Crippen LogP contribution in [0.2, 0.25) is 19.6 Å². The molecule has 1 atom stereocenters. The molecule has 5 heteroatoms. The van der Waals surface area contributed by atoms with E-state index in [1.165, 1.54) is 0 Å². The maximum Gasteiger partial charge on any atom is 0.199 e. The normalized spacial score (nSPS) is 15.4. The molecule has 0 saturated carbocycles. The van der Waals surface area contributed by atoms with Crippen LogP contribution in [0.4, 0.5) is 0 Å². The van der Waals surface area contributed by atoms with E-state index in [9.17, 15) is 5.26 Å². The van der Waals surface area contributed by atoms with Gasteiger partial charge < -0.3 is 13.9 Å². The van der Waals surface area contributed by atoms with Gasteiger partial charge in [0.05, 0.1) is 0 Å². The van der Waals surface area contributed by atoms with Gasteiger partial charge in [-0.3, -0.25) is 0 Å². The number of hydrogen-bond acceptors (Lipinski definition) is 4. The number of ether oxygens (including phenoxy) is 2. The van der Waals surface area contributed by atoms with Crippen molar-refractivity contribution in [3.8, 4) is 6.07 Å². The minimum Gasteiger partial charge on any atom is -0.396 e. The second kappa shape index (κ2) is 7.90. The quantitative estimate of drug-likeness (QED) is 0.478. The van der Waals surface area contributed by atoms with E-state index in [-0.39, 0.29) is 0 Å². The highest BCUT2D eigenvalue weighted by Gasteiger charge is 2.41. The lowest BCUT2D eigenvalue weighted by Crippen LogP contribution is -2.50. The Hall–Kier alpha value is -0.413. The molecule has 0 amide bonds. The second-order valence-corrected chi connectivity index (χ2v) is 9.94. The first-order valence-electron chi connectivity index (χ1n) is 6.63. The molecule has 0 fully saturated rings. The first-order chi connectivity index (χ1) is 8.29. The van der Waals surface area contributed by atoms with Gasteiger partial charge in [0, 0.05) is 13.2 Å². The van der Waals surface area contributed by atoms with Crippen LogP contribution in [-0.2, 0) is 13.9 Å². The van der Waals surface area contributed by atoms with Crippen LogP contribution in [0.1, 0.15) is 33.6 Å². The molecule has 0 aromatic rings. The lowest BCUT2D eigenvalue weighted by atomic mass is 10.1. The Balaban J connectivity index is 4.82. The van der Waals surface area contributed by atoms with Crippen LogP contribution in [0.5, 0.6) is 0 Å². The molecule has 0 aliphatic rings. The van der Waals surface area contributed by atoms with Crippen molar-refractivity contribution < 1.29 is 13.9 Å². The predicted octanol–water partition coefficient (Wildman–Crippen LogP) is 3.30. The van der Waals surface area contributed by atoms with Gasteiger partial charge in [-0.2, -0.15) is 5.26 Å². The topological polar surface area (TPSA) is 51.5 Å². The summed E-state index contributed by atoms with van der Waals surface area (Å²) in [5.74, 6) is 0. The lowest BCUT2D eigenvalue weighted by Gasteiger charge is -2.36. The Morgan fingerprint density at radius 2 is 1.56 bits per heavy atom. The van der Waals surface area contributed by atoms with E-state index in [2.05, 4.69) is 25.7 Å². The molecule has 0 aliphatic carbocycles. The third-order valence-corrected chi connectivity index (χ3v) is 3.17. The van der Waals surface area contributed by atoms with Crippen molar-refractivity contribution in [1.29, 1.82) is 5.26 Å². The molecule has 0 aromatic carbocycles. The second-order valence-electron chi connectivity index (χ2n) is 5.51. The minimum atomic E-state index is -1.84. The van der Waals surface area contributed by atoms with Crippen LogP contribution in [0, 0.1) is 11.3 Å². The smallest absolute Gasteiger partial charge is 0.199 e. The SMILES string of the molecule is CCCOC(OCCC)C(C)(C#N)O[Si](C)(C)C. The van der Waals surface area contributed by atoms with Gasteiger partial charge in [-0.25, -0.2) is 0 Å². The van der Waals surface area contributed by atoms with Crippen LogP contribution in [0.3, 0.4) is 0 Å². The molecule has 0 N–H and O–H groups in total. The summed E-state index contributed by atoms with van der Waals surface area (Å²) in [5.41, 5.74) is -1.03. The zero-order valence-corrected chi connectivity index (χ0v) is 13.6. The van der Waals surface area contributed by atoms with Crippen molar-refractivity contribution in [2.45, 2.75) is 65.1 Å². The van der Waals surface area contributed by atoms with Crippen molar-refractivity contribution in [2.24, 2.45) is 0 Å². The van der Waals surface area contributed by atoms with Crippen molar-refractivity contribution in [3.05, 3.63) is 0 Å². The number of hydrogen-bond donors (Lipinski definition) is 0. The maximum atomic E-state index is 9.40. The average Bonchev–Trinajstić information content (AvgIpc) is 2.26. The predicted molar refractivity (Wildman–Crippen MR) is 74.7 cm³/mol. The molecular weight excluding hydrogens is 246 g/mol. The van der Waals surface area contributed by atoms with Gasteiger partial charge in [-0.1, -0.05) is 13.8 Å². The summed E-state index contributed by atoms with van der Waals surface area (Å²) in [6.45, 7) is 13.1. The molecule has 0 heterocycles. The molecule has 18 heavy (non-hydrogen) atoms. The van der Waals surface area contributed by atoms with Gasteiger partial charge in [0.15, 0.2) is 20.2 Å². The Morgan fingerprint density at radius 3 is 1.83 bits per heavy atom. The van der Waals surface area contributed by atoms with E-state index in [1.54, 1.807) is 6.92 Å². The summed E-state index contributed by atoms with van der Waals surface area (Å²) in [5, 5.41) is 9.40. The van der Waals surface area contributed by atoms with E-state index in [0.717, 1.165) is 12.8 Å². The van der Waals surface area contributed by atoms with Crippen LogP contribution in [-0.4, -0.2) is 33.4 Å². The first-order valence-corrected chi connectivity index (χ1v) is 10.0. The van der Waals surface area contributed by atoms with Crippen molar-refractivity contribution >= 4 is 8.32 Å². The van der Waals surface area contributed by atoms with Gasteiger partial charge in [0.25, 0.3) is 0 Å². The van der Waals surface area contributed by atoms with E-state index in [1.807, 2.05) is 13.8 Å². The number of rotatable bonds is 9. The summed E-state index contributed by atoms with van der Waals surface area (Å²) in [4.78, 5) is 0. The molecule has 0 radical (unpaired) electrons. The molecule has 4 nitrogen and oxygen atoms in total. The maximum absolute atomic E-state index is 9.40. The minimum absolute atomic E-state index is 0.570. The zero-order valence-electron chi connectivity index (χ0n) is 12.6. The third-order valence-electron chi connectivity index (χ3n) is 2.14. The largest absolute Gasteiger partial charge is 0.396 e. The highest BCUT2D eigenvalue weighted by atomic mass is 28.4. The van der Waals surface area contributed by atoms with E-state index in [4.69, 9.17) is 13.9 Å². The Bertz CT molecular complexity index is 264. The van der Waals surface area contributed by atoms with Crippen LogP contribution >= 0.6 is 0 Å². The molecule has 0 saturated heterocycles. The van der Waals surface area contributed by atoms with Gasteiger partial charge in [0.2, 0.25) is 0 Å². The molecule has 0 rings (SSSR count). The Kier molecular flexibility index (Phi) is 7.72. The number of nitriles is 1. The Morgan fingerprint density at radius 1 is 1.11 bits per heavy atom. The molecule has 0 aromatic heterocycles. The molecule has 1 unspecified atom stereocenters. The molecule has 0 aliphatic heterocycles. The summed E-state index contributed by atoms with van der Waals surface area (Å²) < 4.78 is 17.3. The monoisotopic (exact) mass is 273 g/mol. The van der Waals surface area contributed by atoms with Crippen LogP contribution in [0.25, 0.3) is 0 Å². The van der Waals surface area contributed by atoms with Crippen molar-refractivity contribution in [3.63, 3.8) is 0 Å². The Labute approximate surface area is 112 Å². The van der Waals surface area contributed by atoms with E-state index < -0.39 is 20.2 Å². The van der Waals surface area contributed by atoms with Crippen LogP contribution < -0.4 is 0 Å². The van der Waals surface area contributed by atoms with Crippen molar-refractivity contribution in [1.82, 2.24) is 0 Å². The number of nitrogens with zero attached hydrogens (tertiary/aromatic N) is 1. The van der Waals surface area contributed by atoms with Gasteiger partial charge in [0.1, 0.15) is 6.07 Å². The average molecular weight is 273 g/mol. The highest BCUT2D eigenvalue weighted by Crippen LogP contribution is 2.24. The fourth-order valence-corrected chi connectivity index (χ4v) is 2.99. The van der Waals surface area contributed by atoms with Gasteiger partial charge in [-0.15, -0.1) is 0 Å². The molecular formula is C13H27NO3Si. The van der Waals surface area contributed by atoms with Gasteiger partial charge in [-0.05, 0) is 39.4 Å². The first kappa shape index (κ1) is 17.6. The highest BCUT2D eigenvalue weighted by molar-refractivity contribution is 6.69. The van der Waals surface area contributed by atoms with Gasteiger partial charge >= 0.3 is 0 Å². The third kappa shape index (κ3) is 6.50. The fourth-order valence-electron chi connectivity index (χ4n) is 1.58. The van der Waals surface area contributed by atoms with E-state index in [0.29, 0.717) is 13.2 Å². The van der Waals surface area contributed by atoms with Crippen molar-refractivity contribution in [2.75, 3.05) is 13.2 Å². The lowest BCUT2D eigenvalue weighted by molar-refractivity contribution is -0.208. The molecule has 0 bridgehead atoms. The summed E-state index contributed by atoms with van der Waals surface area (Å²) >= 11 is 0. The standard InChI is InChI=1S/C13H27NO3Si/c1-7-9-15-12(16-10-8-2)13(3,11-14)17-18(4,5)6/h12H,7-10H2,1-6H3. The summed E-state index contributed by atoms with van der Waals surface area (Å²) in [7, 11) is -1.84. The van der Waals surface area contributed by atoms with E-state index >= 15 is 0 Å². The fraction of sp³-hybridized carbons (Fsp3) is 0.923. The zero-order chi connectivity index (χ0) is 14.2. The van der Waals surface area contributed by atoms with Crippen LogP contribution in [0.15, 0.2) is 0 Å². The summed E-state index contributed by atoms with van der Waals surface area (Å²) in [6.07, 6.45) is 1.16.